The van der Waals surface area contributed by atoms with Crippen molar-refractivity contribution in [3.8, 4) is 33.6 Å². The van der Waals surface area contributed by atoms with Gasteiger partial charge in [0.25, 0.3) is 0 Å². The van der Waals surface area contributed by atoms with Crippen molar-refractivity contribution in [3.05, 3.63) is 66.5 Å². The molecule has 4 aromatic rings. The number of aromatic nitrogens is 5. The lowest BCUT2D eigenvalue weighted by Gasteiger charge is -2.07. The van der Waals surface area contributed by atoms with Gasteiger partial charge in [0, 0.05) is 35.1 Å². The van der Waals surface area contributed by atoms with E-state index >= 15 is 0 Å². The van der Waals surface area contributed by atoms with E-state index in [0.29, 0.717) is 30.5 Å². The van der Waals surface area contributed by atoms with Crippen molar-refractivity contribution in [2.24, 2.45) is 5.73 Å². The van der Waals surface area contributed by atoms with E-state index in [-0.39, 0.29) is 5.82 Å². The number of pyridine rings is 1. The number of aliphatic carboxylic acids is 1. The van der Waals surface area contributed by atoms with Gasteiger partial charge >= 0.3 is 5.97 Å². The Kier molecular flexibility index (Phi) is 6.60. The zero-order chi connectivity index (χ0) is 23.4. The first-order valence-electron chi connectivity index (χ1n) is 10.7. The minimum absolute atomic E-state index is 0.343. The molecule has 0 unspecified atom stereocenters. The third-order valence-corrected chi connectivity index (χ3v) is 5.47. The second-order valence-corrected chi connectivity index (χ2v) is 7.95. The van der Waals surface area contributed by atoms with Crippen LogP contribution in [-0.2, 0) is 11.3 Å². The maximum absolute atomic E-state index is 14.7. The van der Waals surface area contributed by atoms with Crippen LogP contribution in [0.3, 0.4) is 0 Å². The topological polar surface area (TPSA) is 123 Å². The first kappa shape index (κ1) is 22.3. The van der Waals surface area contributed by atoms with Gasteiger partial charge < -0.3 is 10.8 Å². The fraction of sp³-hybridized carbons (Fsp3) is 0.250. The van der Waals surface area contributed by atoms with Crippen LogP contribution in [0, 0.1) is 12.7 Å². The SMILES string of the molecule is Cc1cccc(-c2[nH]ncc2-c2ccc(F)c(-c3cnn(CCCC[C@H](N)C(=O)O)c3)c2)n1. The van der Waals surface area contributed by atoms with Crippen LogP contribution >= 0.6 is 0 Å². The monoisotopic (exact) mass is 448 g/mol. The molecule has 0 spiro atoms. The second kappa shape index (κ2) is 9.74. The van der Waals surface area contributed by atoms with E-state index in [1.165, 1.54) is 6.07 Å². The Hall–Kier alpha value is -3.85. The average molecular weight is 449 g/mol. The number of carboxylic acid groups (broad SMARTS) is 1. The Bertz CT molecular complexity index is 1270. The molecule has 0 aliphatic rings. The molecular formula is C24H25FN6O2. The van der Waals surface area contributed by atoms with Crippen LogP contribution in [0.15, 0.2) is 55.0 Å². The molecule has 3 heterocycles. The summed E-state index contributed by atoms with van der Waals surface area (Å²) in [5, 5.41) is 20.4. The number of nitrogens with one attached hydrogen (secondary N) is 1. The highest BCUT2D eigenvalue weighted by atomic mass is 19.1. The number of carboxylic acids is 1. The van der Waals surface area contributed by atoms with Crippen LogP contribution in [0.4, 0.5) is 4.39 Å². The first-order chi connectivity index (χ1) is 15.9. The Morgan fingerprint density at radius 2 is 2.03 bits per heavy atom. The number of nitrogens with zero attached hydrogens (tertiary/aromatic N) is 4. The third-order valence-electron chi connectivity index (χ3n) is 5.47. The lowest BCUT2D eigenvalue weighted by Crippen LogP contribution is -2.29. The number of H-pyrrole nitrogens is 1. The maximum atomic E-state index is 14.7. The minimum atomic E-state index is -0.995. The number of halogens is 1. The van der Waals surface area contributed by atoms with E-state index in [0.717, 1.165) is 34.6 Å². The Morgan fingerprint density at radius 3 is 2.82 bits per heavy atom. The van der Waals surface area contributed by atoms with Crippen LogP contribution in [0.2, 0.25) is 0 Å². The molecule has 0 saturated carbocycles. The summed E-state index contributed by atoms with van der Waals surface area (Å²) in [4.78, 5) is 15.4. The molecule has 0 bridgehead atoms. The molecule has 0 fully saturated rings. The Morgan fingerprint density at radius 1 is 1.18 bits per heavy atom. The molecular weight excluding hydrogens is 423 g/mol. The fourth-order valence-electron chi connectivity index (χ4n) is 3.68. The number of nitrogens with two attached hydrogens (primary N) is 1. The van der Waals surface area contributed by atoms with Gasteiger partial charge in [0.05, 0.1) is 23.8 Å². The maximum Gasteiger partial charge on any atom is 0.320 e. The van der Waals surface area contributed by atoms with Crippen molar-refractivity contribution in [2.75, 3.05) is 0 Å². The number of aryl methyl sites for hydroxylation is 2. The molecule has 0 aliphatic heterocycles. The quantitative estimate of drug-likeness (QED) is 0.332. The summed E-state index contributed by atoms with van der Waals surface area (Å²) in [7, 11) is 0. The van der Waals surface area contributed by atoms with E-state index in [1.54, 1.807) is 35.4 Å². The van der Waals surface area contributed by atoms with Crippen LogP contribution in [-0.4, -0.2) is 42.1 Å². The summed E-state index contributed by atoms with van der Waals surface area (Å²) >= 11 is 0. The van der Waals surface area contributed by atoms with E-state index in [2.05, 4.69) is 20.3 Å². The lowest BCUT2D eigenvalue weighted by molar-refractivity contribution is -0.138. The van der Waals surface area contributed by atoms with Gasteiger partial charge in [-0.05, 0) is 56.0 Å². The largest absolute Gasteiger partial charge is 0.480 e. The molecule has 0 saturated heterocycles. The van der Waals surface area contributed by atoms with Crippen molar-refractivity contribution in [1.82, 2.24) is 25.0 Å². The summed E-state index contributed by atoms with van der Waals surface area (Å²) in [6.07, 6.45) is 6.93. The van der Waals surface area contributed by atoms with Crippen molar-refractivity contribution >= 4 is 5.97 Å². The molecule has 8 nitrogen and oxygen atoms in total. The van der Waals surface area contributed by atoms with Crippen molar-refractivity contribution in [1.29, 1.82) is 0 Å². The molecule has 1 atom stereocenters. The highest BCUT2D eigenvalue weighted by Crippen LogP contribution is 2.33. The zero-order valence-electron chi connectivity index (χ0n) is 18.2. The highest BCUT2D eigenvalue weighted by Gasteiger charge is 2.15. The van der Waals surface area contributed by atoms with Gasteiger partial charge in [-0.1, -0.05) is 12.1 Å². The Balaban J connectivity index is 1.53. The minimum Gasteiger partial charge on any atom is -0.480 e. The first-order valence-corrected chi connectivity index (χ1v) is 10.7. The molecule has 0 aliphatic carbocycles. The van der Waals surface area contributed by atoms with Gasteiger partial charge in [-0.2, -0.15) is 10.2 Å². The highest BCUT2D eigenvalue weighted by molar-refractivity contribution is 5.81. The van der Waals surface area contributed by atoms with E-state index in [1.807, 2.05) is 25.1 Å². The summed E-state index contributed by atoms with van der Waals surface area (Å²) in [6, 6.07) is 9.86. The second-order valence-electron chi connectivity index (χ2n) is 7.95. The van der Waals surface area contributed by atoms with Crippen molar-refractivity contribution in [3.63, 3.8) is 0 Å². The van der Waals surface area contributed by atoms with Crippen molar-refractivity contribution < 1.29 is 14.3 Å². The predicted octanol–water partition coefficient (Wildman–Crippen LogP) is 4.03. The predicted molar refractivity (Wildman–Crippen MR) is 123 cm³/mol. The van der Waals surface area contributed by atoms with Gasteiger partial charge in [0.2, 0.25) is 0 Å². The molecule has 0 amide bonds. The third kappa shape index (κ3) is 5.15. The molecule has 170 valence electrons. The van der Waals surface area contributed by atoms with Gasteiger partial charge in [-0.3, -0.25) is 19.6 Å². The Labute approximate surface area is 190 Å². The molecule has 33 heavy (non-hydrogen) atoms. The molecule has 4 N–H and O–H groups in total. The number of rotatable bonds is 9. The van der Waals surface area contributed by atoms with Crippen LogP contribution in [0.25, 0.3) is 33.6 Å². The number of aromatic amines is 1. The smallest absolute Gasteiger partial charge is 0.320 e. The fourth-order valence-corrected chi connectivity index (χ4v) is 3.68. The standard InChI is InChI=1S/C24H25FN6O2/c1-15-5-4-7-22(29-15)23-19(13-27-30-23)16-8-9-20(25)18(11-16)17-12-28-31(14-17)10-3-2-6-21(26)24(32)33/h4-5,7-9,11-14,21H,2-3,6,10,26H2,1H3,(H,27,30)(H,32,33)/t21-/m0/s1. The molecule has 4 rings (SSSR count). The molecule has 1 aromatic carbocycles. The van der Waals surface area contributed by atoms with E-state index in [4.69, 9.17) is 10.8 Å². The summed E-state index contributed by atoms with van der Waals surface area (Å²) in [5.74, 6) is -1.34. The lowest BCUT2D eigenvalue weighted by atomic mass is 9.99. The van der Waals surface area contributed by atoms with Crippen LogP contribution < -0.4 is 5.73 Å². The van der Waals surface area contributed by atoms with Gasteiger partial charge in [0.15, 0.2) is 0 Å². The van der Waals surface area contributed by atoms with Crippen LogP contribution in [0.1, 0.15) is 25.0 Å². The molecule has 3 aromatic heterocycles. The van der Waals surface area contributed by atoms with E-state index < -0.39 is 12.0 Å². The summed E-state index contributed by atoms with van der Waals surface area (Å²) in [5.41, 5.74) is 10.7. The zero-order valence-corrected chi connectivity index (χ0v) is 18.2. The summed E-state index contributed by atoms with van der Waals surface area (Å²) < 4.78 is 16.4. The van der Waals surface area contributed by atoms with Gasteiger partial charge in [0.1, 0.15) is 11.9 Å². The molecule has 0 radical (unpaired) electrons. The normalized spacial score (nSPS) is 12.1. The van der Waals surface area contributed by atoms with Crippen molar-refractivity contribution in [2.45, 2.75) is 38.8 Å². The van der Waals surface area contributed by atoms with Gasteiger partial charge in [-0.25, -0.2) is 4.39 Å². The average Bonchev–Trinajstić information content (AvgIpc) is 3.47. The van der Waals surface area contributed by atoms with E-state index in [9.17, 15) is 9.18 Å². The van der Waals surface area contributed by atoms with Crippen LogP contribution in [0.5, 0.6) is 0 Å². The number of unbranched alkanes of at least 4 members (excludes halogenated alkanes) is 1. The summed E-state index contributed by atoms with van der Waals surface area (Å²) in [6.45, 7) is 2.52. The van der Waals surface area contributed by atoms with Gasteiger partial charge in [-0.15, -0.1) is 0 Å². The number of hydrogen-bond acceptors (Lipinski definition) is 5. The number of hydrogen-bond donors (Lipinski definition) is 3. The molecule has 9 heteroatoms. The number of carbonyl (C=O) groups is 1. The number of benzene rings is 1.